The summed E-state index contributed by atoms with van der Waals surface area (Å²) in [5.74, 6) is 0.950. The predicted molar refractivity (Wildman–Crippen MR) is 80.3 cm³/mol. The molecule has 1 saturated heterocycles. The Morgan fingerprint density at radius 1 is 1.45 bits per heavy atom. The Hall–Kier alpha value is -0.880. The Bertz CT molecular complexity index is 520. The summed E-state index contributed by atoms with van der Waals surface area (Å²) in [6.45, 7) is 5.82. The molecule has 20 heavy (non-hydrogen) atoms. The zero-order valence-corrected chi connectivity index (χ0v) is 13.2. The standard InChI is InChI=1S/C14H25N3O2S/c1-3-14(4-2)17-7-5-13(16-17)10-15-9-12-6-8-20(18,19)11-12/h5,7,12,14-15H,3-4,6,8-11H2,1-2H3. The Morgan fingerprint density at radius 2 is 2.20 bits per heavy atom. The first-order valence-electron chi connectivity index (χ1n) is 7.49. The van der Waals surface area contributed by atoms with Gasteiger partial charge in [-0.15, -0.1) is 0 Å². The highest BCUT2D eigenvalue weighted by Gasteiger charge is 2.27. The van der Waals surface area contributed by atoms with E-state index >= 15 is 0 Å². The van der Waals surface area contributed by atoms with E-state index in [1.807, 2.05) is 16.9 Å². The molecule has 2 heterocycles. The van der Waals surface area contributed by atoms with E-state index in [4.69, 9.17) is 0 Å². The van der Waals surface area contributed by atoms with Crippen LogP contribution in [0.25, 0.3) is 0 Å². The van der Waals surface area contributed by atoms with E-state index in [0.717, 1.165) is 31.5 Å². The molecular weight excluding hydrogens is 274 g/mol. The topological polar surface area (TPSA) is 64.0 Å². The summed E-state index contributed by atoms with van der Waals surface area (Å²) in [6, 6.07) is 2.51. The van der Waals surface area contributed by atoms with Crippen LogP contribution in [0.15, 0.2) is 12.3 Å². The molecule has 0 saturated carbocycles. The lowest BCUT2D eigenvalue weighted by molar-refractivity contribution is 0.423. The number of hydrogen-bond acceptors (Lipinski definition) is 4. The van der Waals surface area contributed by atoms with Crippen molar-refractivity contribution in [2.24, 2.45) is 5.92 Å². The molecule has 1 fully saturated rings. The SMILES string of the molecule is CCC(CC)n1ccc(CNCC2CCS(=O)(=O)C2)n1. The van der Waals surface area contributed by atoms with Crippen molar-refractivity contribution in [1.29, 1.82) is 0 Å². The molecule has 1 aliphatic heterocycles. The maximum Gasteiger partial charge on any atom is 0.150 e. The molecular formula is C14H25N3O2S. The molecule has 0 bridgehead atoms. The minimum absolute atomic E-state index is 0.265. The van der Waals surface area contributed by atoms with Gasteiger partial charge >= 0.3 is 0 Å². The average Bonchev–Trinajstić information content (AvgIpc) is 2.98. The molecule has 1 atom stereocenters. The van der Waals surface area contributed by atoms with Gasteiger partial charge in [-0.05, 0) is 37.8 Å². The van der Waals surface area contributed by atoms with Gasteiger partial charge in [0, 0.05) is 12.7 Å². The first-order chi connectivity index (χ1) is 9.54. The van der Waals surface area contributed by atoms with Crippen LogP contribution in [-0.2, 0) is 16.4 Å². The summed E-state index contributed by atoms with van der Waals surface area (Å²) in [6.07, 6.45) is 5.00. The van der Waals surface area contributed by atoms with Crippen molar-refractivity contribution in [1.82, 2.24) is 15.1 Å². The second-order valence-electron chi connectivity index (χ2n) is 5.66. The second kappa shape index (κ2) is 6.72. The fourth-order valence-electron chi connectivity index (χ4n) is 2.78. The lowest BCUT2D eigenvalue weighted by Gasteiger charge is -2.12. The van der Waals surface area contributed by atoms with Crippen molar-refractivity contribution in [3.8, 4) is 0 Å². The first kappa shape index (κ1) is 15.5. The molecule has 1 N–H and O–H groups in total. The number of sulfone groups is 1. The summed E-state index contributed by atoms with van der Waals surface area (Å²) in [4.78, 5) is 0. The van der Waals surface area contributed by atoms with Crippen molar-refractivity contribution in [3.05, 3.63) is 18.0 Å². The highest BCUT2D eigenvalue weighted by atomic mass is 32.2. The van der Waals surface area contributed by atoms with Gasteiger partial charge in [-0.3, -0.25) is 4.68 Å². The Kier molecular flexibility index (Phi) is 5.21. The van der Waals surface area contributed by atoms with Crippen molar-refractivity contribution < 1.29 is 8.42 Å². The molecule has 0 radical (unpaired) electrons. The highest BCUT2D eigenvalue weighted by Crippen LogP contribution is 2.17. The van der Waals surface area contributed by atoms with Crippen LogP contribution in [-0.4, -0.2) is 36.2 Å². The molecule has 0 spiro atoms. The summed E-state index contributed by atoms with van der Waals surface area (Å²) >= 11 is 0. The van der Waals surface area contributed by atoms with Gasteiger partial charge in [0.1, 0.15) is 0 Å². The Balaban J connectivity index is 1.77. The molecule has 1 aliphatic rings. The van der Waals surface area contributed by atoms with Gasteiger partial charge in [0.05, 0.1) is 23.2 Å². The molecule has 1 aromatic rings. The molecule has 0 aliphatic carbocycles. The van der Waals surface area contributed by atoms with E-state index in [2.05, 4.69) is 24.3 Å². The monoisotopic (exact) mass is 299 g/mol. The van der Waals surface area contributed by atoms with E-state index < -0.39 is 9.84 Å². The van der Waals surface area contributed by atoms with Crippen LogP contribution in [0.5, 0.6) is 0 Å². The summed E-state index contributed by atoms with van der Waals surface area (Å²) in [5, 5.41) is 7.91. The third-order valence-electron chi connectivity index (χ3n) is 4.05. The largest absolute Gasteiger partial charge is 0.311 e. The number of rotatable bonds is 7. The van der Waals surface area contributed by atoms with Crippen LogP contribution in [0.2, 0.25) is 0 Å². The van der Waals surface area contributed by atoms with E-state index in [9.17, 15) is 8.42 Å². The minimum atomic E-state index is -2.76. The fraction of sp³-hybridized carbons (Fsp3) is 0.786. The second-order valence-corrected chi connectivity index (χ2v) is 7.89. The Labute approximate surface area is 121 Å². The summed E-state index contributed by atoms with van der Waals surface area (Å²) in [5.41, 5.74) is 1.03. The van der Waals surface area contributed by atoms with Crippen molar-refractivity contribution in [2.45, 2.75) is 45.7 Å². The first-order valence-corrected chi connectivity index (χ1v) is 9.31. The minimum Gasteiger partial charge on any atom is -0.311 e. The lowest BCUT2D eigenvalue weighted by atomic mass is 10.1. The van der Waals surface area contributed by atoms with Crippen LogP contribution in [0.1, 0.15) is 44.8 Å². The highest BCUT2D eigenvalue weighted by molar-refractivity contribution is 7.91. The van der Waals surface area contributed by atoms with Gasteiger partial charge in [-0.2, -0.15) is 5.10 Å². The van der Waals surface area contributed by atoms with Crippen LogP contribution in [0, 0.1) is 5.92 Å². The van der Waals surface area contributed by atoms with Crippen LogP contribution in [0.4, 0.5) is 0 Å². The summed E-state index contributed by atoms with van der Waals surface area (Å²) in [7, 11) is -2.76. The molecule has 6 heteroatoms. The Morgan fingerprint density at radius 3 is 2.80 bits per heavy atom. The van der Waals surface area contributed by atoms with Crippen LogP contribution >= 0.6 is 0 Å². The third-order valence-corrected chi connectivity index (χ3v) is 5.88. The van der Waals surface area contributed by atoms with E-state index in [-0.39, 0.29) is 5.92 Å². The summed E-state index contributed by atoms with van der Waals surface area (Å²) < 4.78 is 24.8. The quantitative estimate of drug-likeness (QED) is 0.833. The van der Waals surface area contributed by atoms with Crippen molar-refractivity contribution >= 4 is 9.84 Å². The molecule has 1 aromatic heterocycles. The molecule has 1 unspecified atom stereocenters. The zero-order valence-electron chi connectivity index (χ0n) is 12.4. The van der Waals surface area contributed by atoms with E-state index in [0.29, 0.717) is 24.1 Å². The average molecular weight is 299 g/mol. The smallest absolute Gasteiger partial charge is 0.150 e. The van der Waals surface area contributed by atoms with Crippen molar-refractivity contribution in [3.63, 3.8) is 0 Å². The molecule has 114 valence electrons. The molecule has 0 aromatic carbocycles. The molecule has 0 amide bonds. The van der Waals surface area contributed by atoms with Gasteiger partial charge in [0.25, 0.3) is 0 Å². The maximum atomic E-state index is 11.4. The number of aromatic nitrogens is 2. The fourth-order valence-corrected chi connectivity index (χ4v) is 4.64. The molecule has 5 nitrogen and oxygen atoms in total. The zero-order chi connectivity index (χ0) is 14.6. The van der Waals surface area contributed by atoms with E-state index in [1.54, 1.807) is 0 Å². The molecule has 2 rings (SSSR count). The number of hydrogen-bond donors (Lipinski definition) is 1. The number of nitrogens with zero attached hydrogens (tertiary/aromatic N) is 2. The van der Waals surface area contributed by atoms with Crippen LogP contribution < -0.4 is 5.32 Å². The third kappa shape index (κ3) is 4.06. The van der Waals surface area contributed by atoms with Crippen LogP contribution in [0.3, 0.4) is 0 Å². The predicted octanol–water partition coefficient (Wildman–Crippen LogP) is 1.77. The maximum absolute atomic E-state index is 11.4. The van der Waals surface area contributed by atoms with Gasteiger partial charge in [-0.25, -0.2) is 8.42 Å². The van der Waals surface area contributed by atoms with Gasteiger partial charge < -0.3 is 5.32 Å². The van der Waals surface area contributed by atoms with Crippen molar-refractivity contribution in [2.75, 3.05) is 18.1 Å². The van der Waals surface area contributed by atoms with Gasteiger partial charge in [0.15, 0.2) is 9.84 Å². The van der Waals surface area contributed by atoms with E-state index in [1.165, 1.54) is 0 Å². The van der Waals surface area contributed by atoms with Gasteiger partial charge in [0.2, 0.25) is 0 Å². The number of nitrogens with one attached hydrogen (secondary N) is 1. The lowest BCUT2D eigenvalue weighted by Crippen LogP contribution is -2.23. The van der Waals surface area contributed by atoms with Gasteiger partial charge in [-0.1, -0.05) is 13.8 Å². The normalized spacial score (nSPS) is 21.6.